The summed E-state index contributed by atoms with van der Waals surface area (Å²) in [6.45, 7) is 17.7. The monoisotopic (exact) mass is 357 g/mol. The molecule has 1 aliphatic rings. The lowest BCUT2D eigenvalue weighted by Crippen LogP contribution is -2.53. The van der Waals surface area contributed by atoms with E-state index in [0.717, 1.165) is 19.5 Å². The van der Waals surface area contributed by atoms with Gasteiger partial charge in [0.2, 0.25) is 0 Å². The van der Waals surface area contributed by atoms with Crippen molar-refractivity contribution in [3.63, 3.8) is 0 Å². The second-order valence-electron chi connectivity index (χ2n) is 8.60. The Morgan fingerprint density at radius 3 is 2.52 bits per heavy atom. The largest absolute Gasteiger partial charge is 0.412 e. The summed E-state index contributed by atoms with van der Waals surface area (Å²) >= 11 is 0. The highest BCUT2D eigenvalue weighted by Gasteiger charge is 2.42. The fourth-order valence-corrected chi connectivity index (χ4v) is 4.50. The van der Waals surface area contributed by atoms with E-state index >= 15 is 0 Å². The van der Waals surface area contributed by atoms with Gasteiger partial charge in [-0.05, 0) is 43.1 Å². The van der Waals surface area contributed by atoms with Crippen LogP contribution in [0, 0.1) is 0 Å². The van der Waals surface area contributed by atoms with E-state index in [4.69, 9.17) is 4.43 Å². The topological polar surface area (TPSA) is 12.5 Å². The minimum Gasteiger partial charge on any atom is -0.412 e. The van der Waals surface area contributed by atoms with Crippen LogP contribution >= 0.6 is 0 Å². The van der Waals surface area contributed by atoms with Gasteiger partial charge in [-0.15, -0.1) is 6.58 Å². The highest BCUT2D eigenvalue weighted by Crippen LogP contribution is 2.39. The van der Waals surface area contributed by atoms with E-state index in [1.807, 2.05) is 6.08 Å². The molecule has 2 nitrogen and oxygen atoms in total. The normalized spacial score (nSPS) is 23.1. The van der Waals surface area contributed by atoms with Crippen LogP contribution in [0.3, 0.4) is 0 Å². The zero-order valence-corrected chi connectivity index (χ0v) is 17.7. The summed E-state index contributed by atoms with van der Waals surface area (Å²) in [6, 6.07) is 10.9. The van der Waals surface area contributed by atoms with Crippen LogP contribution in [-0.2, 0) is 4.43 Å². The Kier molecular flexibility index (Phi) is 6.84. The van der Waals surface area contributed by atoms with Crippen LogP contribution in [0.2, 0.25) is 18.1 Å². The first-order chi connectivity index (χ1) is 11.7. The molecule has 0 N–H and O–H groups in total. The van der Waals surface area contributed by atoms with E-state index < -0.39 is 8.32 Å². The number of hydrogen-bond acceptors (Lipinski definition) is 2. The molecule has 0 radical (unpaired) electrons. The van der Waals surface area contributed by atoms with Crippen molar-refractivity contribution in [3.8, 4) is 0 Å². The molecule has 1 aromatic carbocycles. The molecule has 0 amide bonds. The molecule has 1 aromatic rings. The highest BCUT2D eigenvalue weighted by molar-refractivity contribution is 6.74. The number of nitrogens with zero attached hydrogens (tertiary/aromatic N) is 1. The molecule has 0 unspecified atom stereocenters. The van der Waals surface area contributed by atoms with Gasteiger partial charge in [0.05, 0.1) is 12.1 Å². The van der Waals surface area contributed by atoms with Gasteiger partial charge >= 0.3 is 0 Å². The van der Waals surface area contributed by atoms with Gasteiger partial charge in [0.15, 0.2) is 8.32 Å². The third kappa shape index (κ3) is 5.40. The molecule has 0 bridgehead atoms. The smallest absolute Gasteiger partial charge is 0.192 e. The summed E-state index contributed by atoms with van der Waals surface area (Å²) in [5.74, 6) is 0. The lowest BCUT2D eigenvalue weighted by Gasteiger charge is -2.45. The maximum atomic E-state index is 6.83. The van der Waals surface area contributed by atoms with Crippen LogP contribution in [0.25, 0.3) is 6.08 Å². The van der Waals surface area contributed by atoms with Crippen molar-refractivity contribution in [2.75, 3.05) is 13.1 Å². The molecule has 1 heterocycles. The van der Waals surface area contributed by atoms with Gasteiger partial charge in [-0.2, -0.15) is 0 Å². The van der Waals surface area contributed by atoms with E-state index in [-0.39, 0.29) is 11.1 Å². The summed E-state index contributed by atoms with van der Waals surface area (Å²) < 4.78 is 6.83. The van der Waals surface area contributed by atoms with Crippen molar-refractivity contribution in [2.24, 2.45) is 0 Å². The zero-order valence-electron chi connectivity index (χ0n) is 16.7. The molecular weight excluding hydrogens is 322 g/mol. The molecule has 0 aromatic heterocycles. The van der Waals surface area contributed by atoms with Gasteiger partial charge in [0.25, 0.3) is 0 Å². The van der Waals surface area contributed by atoms with Crippen LogP contribution in [0.4, 0.5) is 0 Å². The van der Waals surface area contributed by atoms with E-state index in [0.29, 0.717) is 6.04 Å². The second-order valence-corrected chi connectivity index (χ2v) is 13.4. The van der Waals surface area contributed by atoms with E-state index in [9.17, 15) is 0 Å². The standard InChI is InChI=1S/C22H35NOSi/c1-7-17-23-18-11-14-21(24-25(5,6)22(2,3)4)20(23)16-15-19-12-9-8-10-13-19/h7-10,12-13,15-16,20-21H,1,11,14,17-18H2,2-6H3/b16-15+/t20-,21+/m0/s1. The van der Waals surface area contributed by atoms with Gasteiger partial charge in [0.1, 0.15) is 0 Å². The van der Waals surface area contributed by atoms with Gasteiger partial charge < -0.3 is 4.43 Å². The van der Waals surface area contributed by atoms with Crippen LogP contribution in [-0.4, -0.2) is 38.5 Å². The average Bonchev–Trinajstić information content (AvgIpc) is 2.54. The summed E-state index contributed by atoms with van der Waals surface area (Å²) in [6.07, 6.45) is 9.21. The molecule has 2 rings (SSSR count). The Labute approximate surface area is 155 Å². The molecule has 138 valence electrons. The molecule has 25 heavy (non-hydrogen) atoms. The first kappa shape index (κ1) is 20.2. The predicted octanol–water partition coefficient (Wildman–Crippen LogP) is 5.74. The van der Waals surface area contributed by atoms with Crippen molar-refractivity contribution < 1.29 is 4.43 Å². The predicted molar refractivity (Wildman–Crippen MR) is 112 cm³/mol. The molecule has 3 heteroatoms. The van der Waals surface area contributed by atoms with Crippen LogP contribution in [0.5, 0.6) is 0 Å². The zero-order chi connectivity index (χ0) is 18.5. The first-order valence-corrected chi connectivity index (χ1v) is 12.4. The molecule has 0 aliphatic carbocycles. The number of likely N-dealkylation sites (tertiary alicyclic amines) is 1. The minimum atomic E-state index is -1.78. The fraction of sp³-hybridized carbons (Fsp3) is 0.545. The Bertz CT molecular complexity index is 573. The Hall–Kier alpha value is -1.16. The summed E-state index contributed by atoms with van der Waals surface area (Å²) in [5, 5.41) is 0.238. The van der Waals surface area contributed by atoms with E-state index in [1.165, 1.54) is 12.0 Å². The van der Waals surface area contributed by atoms with Gasteiger partial charge in [0, 0.05) is 6.54 Å². The van der Waals surface area contributed by atoms with E-state index in [1.54, 1.807) is 0 Å². The number of rotatable bonds is 6. The first-order valence-electron chi connectivity index (χ1n) is 9.50. The third-order valence-corrected chi connectivity index (χ3v) is 10.1. The SMILES string of the molecule is C=CCN1CCC[C@@H](O[Si](C)(C)C(C)(C)C)[C@@H]1/C=C/c1ccccc1. The molecule has 1 fully saturated rings. The minimum absolute atomic E-state index is 0.238. The van der Waals surface area contributed by atoms with Crippen molar-refractivity contribution in [3.05, 3.63) is 54.6 Å². The van der Waals surface area contributed by atoms with Gasteiger partial charge in [-0.25, -0.2) is 0 Å². The lowest BCUT2D eigenvalue weighted by atomic mass is 9.97. The Morgan fingerprint density at radius 2 is 1.92 bits per heavy atom. The molecule has 0 spiro atoms. The molecule has 1 aliphatic heterocycles. The van der Waals surface area contributed by atoms with Crippen LogP contribution in [0.15, 0.2) is 49.1 Å². The van der Waals surface area contributed by atoms with Crippen molar-refractivity contribution in [1.29, 1.82) is 0 Å². The summed E-state index contributed by atoms with van der Waals surface area (Å²) in [4.78, 5) is 2.51. The third-order valence-electron chi connectivity index (χ3n) is 5.64. The summed E-state index contributed by atoms with van der Waals surface area (Å²) in [5.41, 5.74) is 1.25. The fourth-order valence-electron chi connectivity index (χ4n) is 3.13. The van der Waals surface area contributed by atoms with Gasteiger partial charge in [-0.3, -0.25) is 4.90 Å². The van der Waals surface area contributed by atoms with Crippen molar-refractivity contribution in [1.82, 2.24) is 4.90 Å². The van der Waals surface area contributed by atoms with Gasteiger partial charge in [-0.1, -0.05) is 69.3 Å². The highest BCUT2D eigenvalue weighted by atomic mass is 28.4. The molecule has 1 saturated heterocycles. The second kappa shape index (κ2) is 8.48. The molecule has 2 atom stereocenters. The average molecular weight is 358 g/mol. The number of hydrogen-bond donors (Lipinski definition) is 0. The maximum Gasteiger partial charge on any atom is 0.192 e. The van der Waals surface area contributed by atoms with Crippen LogP contribution < -0.4 is 0 Å². The Morgan fingerprint density at radius 1 is 1.24 bits per heavy atom. The maximum absolute atomic E-state index is 6.83. The van der Waals surface area contributed by atoms with Crippen molar-refractivity contribution >= 4 is 14.4 Å². The van der Waals surface area contributed by atoms with Crippen LogP contribution in [0.1, 0.15) is 39.2 Å². The number of benzene rings is 1. The van der Waals surface area contributed by atoms with E-state index in [2.05, 4.69) is 87.8 Å². The lowest BCUT2D eigenvalue weighted by molar-refractivity contribution is 0.0483. The molecular formula is C22H35NOSi. The number of piperidine rings is 1. The summed E-state index contributed by atoms with van der Waals surface area (Å²) in [7, 11) is -1.78. The Balaban J connectivity index is 2.22. The molecule has 0 saturated carbocycles. The quantitative estimate of drug-likeness (QED) is 0.475. The van der Waals surface area contributed by atoms with Crippen molar-refractivity contribution in [2.45, 2.75) is 63.9 Å².